The summed E-state index contributed by atoms with van der Waals surface area (Å²) in [6, 6.07) is 10.4. The third-order valence-electron chi connectivity index (χ3n) is 7.28. The number of hydrogen-bond donors (Lipinski definition) is 3. The molecule has 3 N–H and O–H groups in total. The van der Waals surface area contributed by atoms with Crippen molar-refractivity contribution in [1.29, 1.82) is 0 Å². The Morgan fingerprint density at radius 3 is 2.33 bits per heavy atom. The number of carbonyl (C=O) groups is 3. The van der Waals surface area contributed by atoms with Gasteiger partial charge in [0.25, 0.3) is 0 Å². The van der Waals surface area contributed by atoms with Crippen LogP contribution in [-0.2, 0) is 25.6 Å². The van der Waals surface area contributed by atoms with Gasteiger partial charge in [0.05, 0.1) is 28.9 Å². The second kappa shape index (κ2) is 11.8. The monoisotopic (exact) mass is 558 g/mol. The molecule has 11 heteroatoms. The largest absolute Gasteiger partial charge is 0.481 e. The van der Waals surface area contributed by atoms with Gasteiger partial charge in [-0.2, -0.15) is 0 Å². The van der Waals surface area contributed by atoms with E-state index in [0.29, 0.717) is 10.6 Å². The number of allylic oxidation sites excluding steroid dienone is 1. The van der Waals surface area contributed by atoms with Gasteiger partial charge in [-0.15, -0.1) is 0 Å². The van der Waals surface area contributed by atoms with E-state index in [2.05, 4.69) is 15.0 Å². The average Bonchev–Trinajstić information content (AvgIpc) is 2.88. The Bertz CT molecular complexity index is 1360. The van der Waals surface area contributed by atoms with Gasteiger partial charge in [-0.1, -0.05) is 48.8 Å². The molecule has 0 radical (unpaired) electrons. The first-order chi connectivity index (χ1) is 18.4. The number of nitrogens with zero attached hydrogens (tertiary/aromatic N) is 2. The van der Waals surface area contributed by atoms with Crippen LogP contribution in [0.5, 0.6) is 0 Å². The summed E-state index contributed by atoms with van der Waals surface area (Å²) in [7, 11) is 1.31. The van der Waals surface area contributed by atoms with Gasteiger partial charge < -0.3 is 20.2 Å². The maximum Gasteiger partial charge on any atom is 0.316 e. The second-order valence-electron chi connectivity index (χ2n) is 9.54. The first-order valence-electron chi connectivity index (χ1n) is 12.0. The van der Waals surface area contributed by atoms with Gasteiger partial charge in [0.2, 0.25) is 0 Å². The van der Waals surface area contributed by atoms with E-state index < -0.39 is 46.4 Å². The normalized spacial score (nSPS) is 24.5. The Morgan fingerprint density at radius 1 is 1.13 bits per heavy atom. The molecule has 1 aliphatic carbocycles. The zero-order chi connectivity index (χ0) is 29.0. The van der Waals surface area contributed by atoms with E-state index in [0.717, 1.165) is 6.07 Å². The minimum atomic E-state index is -1.92. The predicted molar refractivity (Wildman–Crippen MR) is 143 cm³/mol. The Balaban J connectivity index is 2.27. The highest BCUT2D eigenvalue weighted by Crippen LogP contribution is 2.52. The van der Waals surface area contributed by atoms with E-state index in [1.165, 1.54) is 51.5 Å². The average molecular weight is 559 g/mol. The summed E-state index contributed by atoms with van der Waals surface area (Å²) in [6.07, 6.45) is 3.24. The molecule has 2 aromatic rings. The van der Waals surface area contributed by atoms with Crippen LogP contribution in [0.15, 0.2) is 64.8 Å². The van der Waals surface area contributed by atoms with E-state index >= 15 is 0 Å². The number of hydrogen-bond acceptors (Lipinski definition) is 6. The van der Waals surface area contributed by atoms with E-state index in [1.807, 2.05) is 0 Å². The fourth-order valence-electron chi connectivity index (χ4n) is 4.98. The molecule has 0 saturated carbocycles. The first kappa shape index (κ1) is 29.5. The lowest BCUT2D eigenvalue weighted by atomic mass is 9.53. The standard InChI is InChI=1S/C28H28ClFN2O7/c1-16(24(33)34)13-27(25(35)36)11-10-23(32-21-9-6-19(15-31-39-3)22(30)12-21)28(17(27)2,26(37)38)14-18-4-7-20(29)8-5-18/h4-12,15-17H,13-14H2,1-3H3,(H,33,34)(H,35,36)(H,37,38)/t16?,17?,27?,28-/m0/s1. The van der Waals surface area contributed by atoms with Crippen LogP contribution >= 0.6 is 11.6 Å². The zero-order valence-corrected chi connectivity index (χ0v) is 22.2. The lowest BCUT2D eigenvalue weighted by Gasteiger charge is -2.47. The molecule has 39 heavy (non-hydrogen) atoms. The van der Waals surface area contributed by atoms with Crippen LogP contribution in [0, 0.1) is 28.5 Å². The Labute approximate surface area is 229 Å². The van der Waals surface area contributed by atoms with Crippen molar-refractivity contribution in [2.75, 3.05) is 7.11 Å². The molecule has 3 unspecified atom stereocenters. The van der Waals surface area contributed by atoms with Gasteiger partial charge in [0.1, 0.15) is 18.3 Å². The quantitative estimate of drug-likeness (QED) is 0.267. The molecule has 0 saturated heterocycles. The summed E-state index contributed by atoms with van der Waals surface area (Å²) in [5, 5.41) is 34.6. The SMILES string of the molecule is CON=Cc1ccc(N=C2C=CC(CC(C)C(=O)O)(C(=O)O)C(C)[C@]2(Cc2ccc(Cl)cc2)C(=O)O)cc1F. The maximum atomic E-state index is 14.7. The van der Waals surface area contributed by atoms with Crippen LogP contribution in [0.25, 0.3) is 0 Å². The summed E-state index contributed by atoms with van der Waals surface area (Å²) in [4.78, 5) is 46.6. The molecule has 0 aliphatic heterocycles. The molecule has 0 aromatic heterocycles. The summed E-state index contributed by atoms with van der Waals surface area (Å²) in [6.45, 7) is 2.84. The van der Waals surface area contributed by atoms with Gasteiger partial charge in [0, 0.05) is 16.7 Å². The van der Waals surface area contributed by atoms with Crippen LogP contribution in [0.4, 0.5) is 10.1 Å². The number of rotatable bonds is 10. The Hall–Kier alpha value is -4.05. The fraction of sp³-hybridized carbons (Fsp3) is 0.321. The zero-order valence-electron chi connectivity index (χ0n) is 21.5. The van der Waals surface area contributed by atoms with Crippen molar-refractivity contribution in [2.45, 2.75) is 26.7 Å². The van der Waals surface area contributed by atoms with Crippen molar-refractivity contribution in [3.05, 3.63) is 76.6 Å². The minimum Gasteiger partial charge on any atom is -0.481 e. The summed E-state index contributed by atoms with van der Waals surface area (Å²) in [5.41, 5.74) is -3.02. The number of carboxylic acids is 3. The molecule has 0 bridgehead atoms. The molecule has 4 atom stereocenters. The molecule has 3 rings (SSSR count). The van der Waals surface area contributed by atoms with Crippen LogP contribution < -0.4 is 0 Å². The number of benzene rings is 2. The molecule has 0 fully saturated rings. The van der Waals surface area contributed by atoms with Crippen molar-refractivity contribution in [3.8, 4) is 0 Å². The lowest BCUT2D eigenvalue weighted by molar-refractivity contribution is -0.159. The van der Waals surface area contributed by atoms with Gasteiger partial charge in [-0.3, -0.25) is 19.4 Å². The van der Waals surface area contributed by atoms with Crippen molar-refractivity contribution < 1.29 is 38.9 Å². The summed E-state index contributed by atoms with van der Waals surface area (Å²) in [5.74, 6) is -6.84. The minimum absolute atomic E-state index is 0.00462. The molecule has 1 aliphatic rings. The molecule has 0 amide bonds. The van der Waals surface area contributed by atoms with Crippen molar-refractivity contribution in [3.63, 3.8) is 0 Å². The summed E-state index contributed by atoms with van der Waals surface area (Å²) < 4.78 is 14.7. The van der Waals surface area contributed by atoms with Crippen LogP contribution in [-0.4, -0.2) is 52.3 Å². The number of aliphatic imine (C=N–C) groups is 1. The molecular weight excluding hydrogens is 531 g/mol. The fourth-order valence-corrected chi connectivity index (χ4v) is 5.10. The number of aliphatic carboxylic acids is 3. The van der Waals surface area contributed by atoms with E-state index in [4.69, 9.17) is 11.6 Å². The van der Waals surface area contributed by atoms with Crippen LogP contribution in [0.2, 0.25) is 5.02 Å². The molecule has 9 nitrogen and oxygen atoms in total. The van der Waals surface area contributed by atoms with Gasteiger partial charge >= 0.3 is 17.9 Å². The van der Waals surface area contributed by atoms with Crippen molar-refractivity contribution in [1.82, 2.24) is 0 Å². The molecule has 0 spiro atoms. The molecular formula is C28H28ClFN2O7. The first-order valence-corrected chi connectivity index (χ1v) is 12.3. The van der Waals surface area contributed by atoms with E-state index in [-0.39, 0.29) is 29.8 Å². The summed E-state index contributed by atoms with van der Waals surface area (Å²) >= 11 is 6.01. The van der Waals surface area contributed by atoms with Crippen molar-refractivity contribution >= 4 is 47.1 Å². The second-order valence-corrected chi connectivity index (χ2v) is 9.98. The smallest absolute Gasteiger partial charge is 0.316 e. The lowest BCUT2D eigenvalue weighted by Crippen LogP contribution is -2.57. The molecule has 2 aromatic carbocycles. The molecule has 206 valence electrons. The third-order valence-corrected chi connectivity index (χ3v) is 7.53. The highest BCUT2D eigenvalue weighted by atomic mass is 35.5. The van der Waals surface area contributed by atoms with Gasteiger partial charge in [-0.05, 0) is 54.7 Å². The van der Waals surface area contributed by atoms with Crippen LogP contribution in [0.1, 0.15) is 31.4 Å². The van der Waals surface area contributed by atoms with Crippen molar-refractivity contribution in [2.24, 2.45) is 32.8 Å². The third kappa shape index (κ3) is 5.85. The van der Waals surface area contributed by atoms with Gasteiger partial charge in [-0.25, -0.2) is 4.39 Å². The number of oxime groups is 1. The van der Waals surface area contributed by atoms with Gasteiger partial charge in [0.15, 0.2) is 0 Å². The predicted octanol–water partition coefficient (Wildman–Crippen LogP) is 5.23. The highest BCUT2D eigenvalue weighted by Gasteiger charge is 2.60. The number of halogens is 2. The Kier molecular flexibility index (Phi) is 8.91. The van der Waals surface area contributed by atoms with E-state index in [1.54, 1.807) is 24.3 Å². The Morgan fingerprint density at radius 2 is 1.79 bits per heavy atom. The topological polar surface area (TPSA) is 146 Å². The van der Waals surface area contributed by atoms with E-state index in [9.17, 15) is 34.1 Å². The number of carboxylic acid groups (broad SMARTS) is 3. The molecule has 0 heterocycles. The highest BCUT2D eigenvalue weighted by molar-refractivity contribution is 6.30. The van der Waals surface area contributed by atoms with Crippen LogP contribution in [0.3, 0.4) is 0 Å². The maximum absolute atomic E-state index is 14.7.